The Morgan fingerprint density at radius 3 is 2.90 bits per heavy atom. The summed E-state index contributed by atoms with van der Waals surface area (Å²) in [5.41, 5.74) is 0.813. The third-order valence-corrected chi connectivity index (χ3v) is 0.896. The Labute approximate surface area is 61.0 Å². The first kappa shape index (κ1) is 8.82. The van der Waals surface area contributed by atoms with Crippen LogP contribution in [0.3, 0.4) is 0 Å². The molecule has 0 N–H and O–H groups in total. The number of aldehydes is 1. The summed E-state index contributed by atoms with van der Waals surface area (Å²) in [6, 6.07) is 0. The molecular weight excluding hydrogens is 126 g/mol. The van der Waals surface area contributed by atoms with Crippen molar-refractivity contribution >= 4 is 12.0 Å². The normalized spacial score (nSPS) is 11.9. The summed E-state index contributed by atoms with van der Waals surface area (Å²) in [7, 11) is 0. The van der Waals surface area contributed by atoms with E-state index in [9.17, 15) is 4.79 Å². The number of hydrogen-bond donors (Lipinski definition) is 0. The fourth-order valence-electron chi connectivity index (χ4n) is 0.404. The standard InChI is InChI=1S/C8H11NO/c1-3-4-6-9-8(2)5-7-10/h3-4,6-7H,1,5H2,2H3/b6-4-,9-8?. The summed E-state index contributed by atoms with van der Waals surface area (Å²) in [5, 5.41) is 0. The molecule has 54 valence electrons. The number of hydrogen-bond acceptors (Lipinski definition) is 2. The maximum Gasteiger partial charge on any atom is 0.125 e. The molecule has 0 amide bonds. The summed E-state index contributed by atoms with van der Waals surface area (Å²) < 4.78 is 0. The zero-order chi connectivity index (χ0) is 7.82. The van der Waals surface area contributed by atoms with Crippen LogP contribution in [0.2, 0.25) is 0 Å². The zero-order valence-corrected chi connectivity index (χ0v) is 6.08. The highest BCUT2D eigenvalue weighted by atomic mass is 16.1. The van der Waals surface area contributed by atoms with Crippen LogP contribution in [-0.4, -0.2) is 12.0 Å². The minimum absolute atomic E-state index is 0.404. The van der Waals surface area contributed by atoms with E-state index in [1.54, 1.807) is 18.4 Å². The molecule has 0 aromatic carbocycles. The van der Waals surface area contributed by atoms with E-state index in [0.29, 0.717) is 6.42 Å². The van der Waals surface area contributed by atoms with Gasteiger partial charge in [-0.15, -0.1) is 0 Å². The molecule has 0 aliphatic carbocycles. The van der Waals surface area contributed by atoms with E-state index in [1.165, 1.54) is 0 Å². The summed E-state index contributed by atoms with van der Waals surface area (Å²) in [4.78, 5) is 13.9. The van der Waals surface area contributed by atoms with E-state index in [0.717, 1.165) is 12.0 Å². The topological polar surface area (TPSA) is 29.4 Å². The van der Waals surface area contributed by atoms with Gasteiger partial charge in [0.25, 0.3) is 0 Å². The van der Waals surface area contributed by atoms with Gasteiger partial charge in [-0.3, -0.25) is 4.99 Å². The van der Waals surface area contributed by atoms with E-state index < -0.39 is 0 Å². The number of rotatable bonds is 4. The second kappa shape index (κ2) is 5.95. The van der Waals surface area contributed by atoms with Gasteiger partial charge in [-0.25, -0.2) is 0 Å². The fraction of sp³-hybridized carbons (Fsp3) is 0.250. The number of aliphatic imine (C=N–C) groups is 1. The highest BCUT2D eigenvalue weighted by Crippen LogP contribution is 1.84. The molecule has 0 fully saturated rings. The van der Waals surface area contributed by atoms with Crippen LogP contribution in [-0.2, 0) is 4.79 Å². The predicted molar refractivity (Wildman–Crippen MR) is 43.1 cm³/mol. The average Bonchev–Trinajstić information content (AvgIpc) is 1.89. The van der Waals surface area contributed by atoms with Crippen LogP contribution >= 0.6 is 0 Å². The molecule has 0 atom stereocenters. The average molecular weight is 137 g/mol. The van der Waals surface area contributed by atoms with Crippen molar-refractivity contribution in [1.82, 2.24) is 0 Å². The summed E-state index contributed by atoms with van der Waals surface area (Å²) in [6.45, 7) is 5.29. The second-order valence-corrected chi connectivity index (χ2v) is 1.81. The van der Waals surface area contributed by atoms with Crippen molar-refractivity contribution in [2.24, 2.45) is 4.99 Å². The van der Waals surface area contributed by atoms with Crippen LogP contribution in [0.25, 0.3) is 0 Å². The first-order valence-corrected chi connectivity index (χ1v) is 3.05. The molecular formula is C8H11NO. The molecule has 0 bridgehead atoms. The molecule has 0 rings (SSSR count). The lowest BCUT2D eigenvalue weighted by Gasteiger charge is -1.85. The molecule has 0 aliphatic rings. The van der Waals surface area contributed by atoms with Crippen LogP contribution in [0, 0.1) is 0 Å². The highest BCUT2D eigenvalue weighted by Gasteiger charge is 1.83. The van der Waals surface area contributed by atoms with Crippen molar-refractivity contribution in [3.05, 3.63) is 24.9 Å². The Bertz CT molecular complexity index is 168. The van der Waals surface area contributed by atoms with Crippen molar-refractivity contribution in [2.45, 2.75) is 13.3 Å². The second-order valence-electron chi connectivity index (χ2n) is 1.81. The molecule has 0 radical (unpaired) electrons. The van der Waals surface area contributed by atoms with Crippen LogP contribution in [0.4, 0.5) is 0 Å². The molecule has 0 saturated carbocycles. The zero-order valence-electron chi connectivity index (χ0n) is 6.08. The molecule has 0 aliphatic heterocycles. The quantitative estimate of drug-likeness (QED) is 0.329. The van der Waals surface area contributed by atoms with Crippen molar-refractivity contribution < 1.29 is 4.79 Å². The summed E-state index contributed by atoms with van der Waals surface area (Å²) in [6.07, 6.45) is 6.21. The van der Waals surface area contributed by atoms with Gasteiger partial charge in [-0.05, 0) is 13.0 Å². The lowest BCUT2D eigenvalue weighted by Crippen LogP contribution is -1.89. The van der Waals surface area contributed by atoms with Gasteiger partial charge in [0.15, 0.2) is 0 Å². The molecule has 0 unspecified atom stereocenters. The van der Waals surface area contributed by atoms with Crippen LogP contribution < -0.4 is 0 Å². The van der Waals surface area contributed by atoms with Crippen LogP contribution in [0.15, 0.2) is 29.9 Å². The lowest BCUT2D eigenvalue weighted by atomic mass is 10.3. The minimum atomic E-state index is 0.404. The molecule has 10 heavy (non-hydrogen) atoms. The monoisotopic (exact) mass is 137 g/mol. The third-order valence-electron chi connectivity index (χ3n) is 0.896. The van der Waals surface area contributed by atoms with Gasteiger partial charge < -0.3 is 4.79 Å². The van der Waals surface area contributed by atoms with Gasteiger partial charge >= 0.3 is 0 Å². The van der Waals surface area contributed by atoms with Gasteiger partial charge in [0.05, 0.1) is 0 Å². The minimum Gasteiger partial charge on any atom is -0.303 e. The van der Waals surface area contributed by atoms with Gasteiger partial charge in [0, 0.05) is 18.3 Å². The van der Waals surface area contributed by atoms with E-state index in [1.807, 2.05) is 6.92 Å². The Hall–Kier alpha value is -1.18. The third kappa shape index (κ3) is 4.97. The predicted octanol–water partition coefficient (Wildman–Crippen LogP) is 1.74. The molecule has 2 nitrogen and oxygen atoms in total. The molecule has 2 heteroatoms. The molecule has 0 aromatic rings. The van der Waals surface area contributed by atoms with Gasteiger partial charge in [-0.1, -0.05) is 12.7 Å². The van der Waals surface area contributed by atoms with Crippen LogP contribution in [0.1, 0.15) is 13.3 Å². The lowest BCUT2D eigenvalue weighted by molar-refractivity contribution is -0.106. The highest BCUT2D eigenvalue weighted by molar-refractivity contribution is 5.92. The van der Waals surface area contributed by atoms with E-state index >= 15 is 0 Å². The van der Waals surface area contributed by atoms with Crippen molar-refractivity contribution in [1.29, 1.82) is 0 Å². The smallest absolute Gasteiger partial charge is 0.125 e. The van der Waals surface area contributed by atoms with Gasteiger partial charge in [0.1, 0.15) is 6.29 Å². The largest absolute Gasteiger partial charge is 0.303 e. The molecule has 0 spiro atoms. The summed E-state index contributed by atoms with van der Waals surface area (Å²) >= 11 is 0. The molecule has 0 saturated heterocycles. The first-order valence-electron chi connectivity index (χ1n) is 3.05. The fourth-order valence-corrected chi connectivity index (χ4v) is 0.404. The van der Waals surface area contributed by atoms with E-state index in [-0.39, 0.29) is 0 Å². The van der Waals surface area contributed by atoms with Gasteiger partial charge in [-0.2, -0.15) is 0 Å². The number of carbonyl (C=O) groups excluding carboxylic acids is 1. The Balaban J connectivity index is 3.77. The number of allylic oxidation sites excluding steroid dienone is 2. The van der Waals surface area contributed by atoms with Crippen molar-refractivity contribution in [3.63, 3.8) is 0 Å². The SMILES string of the molecule is C=C/C=C\N=C(C)CC=O. The summed E-state index contributed by atoms with van der Waals surface area (Å²) in [5.74, 6) is 0. The number of carbonyl (C=O) groups is 1. The first-order chi connectivity index (χ1) is 4.81. The van der Waals surface area contributed by atoms with E-state index in [2.05, 4.69) is 11.6 Å². The Morgan fingerprint density at radius 2 is 2.40 bits per heavy atom. The van der Waals surface area contributed by atoms with Crippen molar-refractivity contribution in [2.75, 3.05) is 0 Å². The van der Waals surface area contributed by atoms with Crippen LogP contribution in [0.5, 0.6) is 0 Å². The van der Waals surface area contributed by atoms with E-state index in [4.69, 9.17) is 0 Å². The maximum absolute atomic E-state index is 9.92. The number of nitrogens with zero attached hydrogens (tertiary/aromatic N) is 1. The van der Waals surface area contributed by atoms with Crippen molar-refractivity contribution in [3.8, 4) is 0 Å². The Morgan fingerprint density at radius 1 is 1.70 bits per heavy atom. The maximum atomic E-state index is 9.92. The Kier molecular flexibility index (Phi) is 5.25. The van der Waals surface area contributed by atoms with Gasteiger partial charge in [0.2, 0.25) is 0 Å². The molecule has 0 heterocycles. The molecule has 0 aromatic heterocycles.